The molecular formula is C19H17FN6O. The van der Waals surface area contributed by atoms with Crippen molar-refractivity contribution in [1.82, 2.24) is 20.3 Å². The molecule has 1 aromatic carbocycles. The smallest absolute Gasteiger partial charge is 0.321 e. The fourth-order valence-corrected chi connectivity index (χ4v) is 2.97. The number of hydrogen-bond donors (Lipinski definition) is 3. The highest BCUT2D eigenvalue weighted by Crippen LogP contribution is 2.32. The van der Waals surface area contributed by atoms with Gasteiger partial charge >= 0.3 is 6.03 Å². The Kier molecular flexibility index (Phi) is 4.37. The number of aromatic nitrogens is 3. The Morgan fingerprint density at radius 2 is 2.26 bits per heavy atom. The molecule has 0 radical (unpaired) electrons. The van der Waals surface area contributed by atoms with Crippen molar-refractivity contribution in [2.24, 2.45) is 4.99 Å². The van der Waals surface area contributed by atoms with Gasteiger partial charge in [-0.25, -0.2) is 14.2 Å². The van der Waals surface area contributed by atoms with E-state index in [4.69, 9.17) is 0 Å². The first-order valence-electron chi connectivity index (χ1n) is 8.55. The van der Waals surface area contributed by atoms with Gasteiger partial charge in [0.15, 0.2) is 0 Å². The molecule has 0 fully saturated rings. The fourth-order valence-electron chi connectivity index (χ4n) is 2.97. The molecule has 1 aliphatic rings. The van der Waals surface area contributed by atoms with E-state index in [9.17, 15) is 9.18 Å². The lowest BCUT2D eigenvalue weighted by molar-refractivity contribution is 0.252. The van der Waals surface area contributed by atoms with Gasteiger partial charge in [-0.15, -0.1) is 0 Å². The van der Waals surface area contributed by atoms with E-state index in [-0.39, 0.29) is 17.7 Å². The minimum atomic E-state index is -0.439. The maximum absolute atomic E-state index is 14.4. The zero-order valence-electron chi connectivity index (χ0n) is 14.6. The first-order valence-corrected chi connectivity index (χ1v) is 8.55. The number of rotatable bonds is 4. The molecule has 27 heavy (non-hydrogen) atoms. The zero-order chi connectivity index (χ0) is 18.8. The fraction of sp³-hybridized carbons (Fsp3) is 0.158. The minimum Gasteiger partial charge on any atom is -0.338 e. The number of allylic oxidation sites excluding steroid dienone is 1. The third-order valence-electron chi connectivity index (χ3n) is 4.15. The lowest BCUT2D eigenvalue weighted by Crippen LogP contribution is -2.28. The summed E-state index contributed by atoms with van der Waals surface area (Å²) in [6.07, 6.45) is 5.31. The van der Waals surface area contributed by atoms with Gasteiger partial charge in [-0.1, -0.05) is 6.08 Å². The summed E-state index contributed by atoms with van der Waals surface area (Å²) in [4.78, 5) is 27.7. The number of nitrogens with one attached hydrogen (secondary N) is 3. The van der Waals surface area contributed by atoms with E-state index >= 15 is 0 Å². The van der Waals surface area contributed by atoms with E-state index in [0.717, 1.165) is 11.1 Å². The summed E-state index contributed by atoms with van der Waals surface area (Å²) in [5.41, 5.74) is 3.76. The van der Waals surface area contributed by atoms with Crippen LogP contribution >= 0.6 is 0 Å². The molecule has 3 aromatic rings. The second kappa shape index (κ2) is 6.99. The Labute approximate surface area is 154 Å². The molecule has 0 aliphatic carbocycles. The molecule has 0 spiro atoms. The van der Waals surface area contributed by atoms with E-state index in [1.54, 1.807) is 12.3 Å². The number of amides is 2. The molecule has 8 heteroatoms. The molecule has 4 rings (SSSR count). The van der Waals surface area contributed by atoms with Crippen LogP contribution in [0.25, 0.3) is 27.9 Å². The number of aromatic amines is 1. The lowest BCUT2D eigenvalue weighted by atomic mass is 10.0. The number of H-pyrrole nitrogens is 1. The molecule has 7 nitrogen and oxygen atoms in total. The number of benzene rings is 1. The largest absolute Gasteiger partial charge is 0.338 e. The summed E-state index contributed by atoms with van der Waals surface area (Å²) in [6, 6.07) is 6.27. The lowest BCUT2D eigenvalue weighted by Gasteiger charge is -2.07. The molecular weight excluding hydrogens is 347 g/mol. The molecule has 0 atom stereocenters. The highest BCUT2D eigenvalue weighted by Gasteiger charge is 2.17. The third kappa shape index (κ3) is 3.29. The molecule has 2 aromatic heterocycles. The Morgan fingerprint density at radius 1 is 1.37 bits per heavy atom. The molecule has 0 saturated heterocycles. The van der Waals surface area contributed by atoms with Crippen LogP contribution in [0.15, 0.2) is 41.5 Å². The van der Waals surface area contributed by atoms with Crippen molar-refractivity contribution in [3.05, 3.63) is 47.9 Å². The zero-order valence-corrected chi connectivity index (χ0v) is 14.6. The monoisotopic (exact) mass is 364 g/mol. The molecule has 0 saturated carbocycles. The Morgan fingerprint density at radius 3 is 3.00 bits per heavy atom. The number of carbonyl (C=O) groups is 1. The van der Waals surface area contributed by atoms with Gasteiger partial charge in [0.25, 0.3) is 0 Å². The average molecular weight is 364 g/mol. The average Bonchev–Trinajstić information content (AvgIpc) is 3.31. The predicted molar refractivity (Wildman–Crippen MR) is 103 cm³/mol. The van der Waals surface area contributed by atoms with Crippen molar-refractivity contribution >= 4 is 34.8 Å². The van der Waals surface area contributed by atoms with Crippen molar-refractivity contribution in [3.63, 3.8) is 0 Å². The third-order valence-corrected chi connectivity index (χ3v) is 4.15. The normalized spacial score (nSPS) is 13.0. The van der Waals surface area contributed by atoms with Crippen LogP contribution in [-0.4, -0.2) is 40.3 Å². The van der Waals surface area contributed by atoms with Crippen LogP contribution in [0.2, 0.25) is 0 Å². The number of aliphatic imine (C=N–C) groups is 1. The predicted octanol–water partition coefficient (Wildman–Crippen LogP) is 3.37. The van der Waals surface area contributed by atoms with Crippen LogP contribution in [0.1, 0.15) is 12.5 Å². The summed E-state index contributed by atoms with van der Waals surface area (Å²) >= 11 is 0. The van der Waals surface area contributed by atoms with E-state index < -0.39 is 5.82 Å². The van der Waals surface area contributed by atoms with Crippen molar-refractivity contribution in [1.29, 1.82) is 0 Å². The number of hydrogen-bond acceptors (Lipinski definition) is 4. The van der Waals surface area contributed by atoms with Gasteiger partial charge in [0.2, 0.25) is 5.95 Å². The Hall–Kier alpha value is -3.55. The second-order valence-corrected chi connectivity index (χ2v) is 5.98. The van der Waals surface area contributed by atoms with Crippen LogP contribution in [-0.2, 0) is 0 Å². The summed E-state index contributed by atoms with van der Waals surface area (Å²) in [5, 5.41) is 5.28. The van der Waals surface area contributed by atoms with E-state index in [1.165, 1.54) is 12.3 Å². The topological polar surface area (TPSA) is 95.1 Å². The van der Waals surface area contributed by atoms with Gasteiger partial charge in [-0.05, 0) is 42.3 Å². The molecule has 3 heterocycles. The van der Waals surface area contributed by atoms with Crippen LogP contribution in [0.4, 0.5) is 15.1 Å². The Balaban J connectivity index is 1.87. The van der Waals surface area contributed by atoms with E-state index in [0.29, 0.717) is 29.7 Å². The number of anilines is 1. The summed E-state index contributed by atoms with van der Waals surface area (Å²) in [7, 11) is 0. The highest BCUT2D eigenvalue weighted by molar-refractivity contribution is 6.13. The summed E-state index contributed by atoms with van der Waals surface area (Å²) in [5.74, 6) is -0.161. The molecule has 136 valence electrons. The first-order chi connectivity index (χ1) is 13.2. The highest BCUT2D eigenvalue weighted by atomic mass is 19.1. The number of imidazole rings is 1. The SMILES string of the molecule is CCNC(=O)Nc1nc2c(-c3ncccc3F)cc(C3=CCN=C3)cc2[nH]1. The van der Waals surface area contributed by atoms with Crippen LogP contribution in [0, 0.1) is 5.82 Å². The van der Waals surface area contributed by atoms with Gasteiger partial charge in [0, 0.05) is 24.5 Å². The van der Waals surface area contributed by atoms with E-state index in [1.807, 2.05) is 25.1 Å². The summed E-state index contributed by atoms with van der Waals surface area (Å²) in [6.45, 7) is 2.94. The van der Waals surface area contributed by atoms with Crippen molar-refractivity contribution in [2.45, 2.75) is 6.92 Å². The van der Waals surface area contributed by atoms with Gasteiger partial charge in [0.1, 0.15) is 17.0 Å². The Bertz CT molecular complexity index is 1080. The molecule has 2 amide bonds. The first kappa shape index (κ1) is 16.9. The maximum atomic E-state index is 14.4. The van der Waals surface area contributed by atoms with Crippen molar-refractivity contribution < 1.29 is 9.18 Å². The van der Waals surface area contributed by atoms with Crippen molar-refractivity contribution in [3.8, 4) is 11.3 Å². The second-order valence-electron chi connectivity index (χ2n) is 5.98. The van der Waals surface area contributed by atoms with Crippen molar-refractivity contribution in [2.75, 3.05) is 18.4 Å². The summed E-state index contributed by atoms with van der Waals surface area (Å²) < 4.78 is 14.4. The number of fused-ring (bicyclic) bond motifs is 1. The number of nitrogens with zero attached hydrogens (tertiary/aromatic N) is 3. The van der Waals surface area contributed by atoms with Gasteiger partial charge in [-0.3, -0.25) is 15.3 Å². The number of pyridine rings is 1. The van der Waals surface area contributed by atoms with E-state index in [2.05, 4.69) is 30.6 Å². The van der Waals surface area contributed by atoms with Gasteiger partial charge in [-0.2, -0.15) is 0 Å². The van der Waals surface area contributed by atoms with Gasteiger partial charge in [0.05, 0.1) is 12.1 Å². The number of carbonyl (C=O) groups excluding carboxylic acids is 1. The minimum absolute atomic E-state index is 0.205. The maximum Gasteiger partial charge on any atom is 0.321 e. The molecule has 1 aliphatic heterocycles. The molecule has 3 N–H and O–H groups in total. The van der Waals surface area contributed by atoms with Gasteiger partial charge < -0.3 is 10.3 Å². The molecule has 0 unspecified atom stereocenters. The van der Waals surface area contributed by atoms with Crippen LogP contribution in [0.3, 0.4) is 0 Å². The quantitative estimate of drug-likeness (QED) is 0.662. The number of urea groups is 1. The van der Waals surface area contributed by atoms with Crippen LogP contribution in [0.5, 0.6) is 0 Å². The molecule has 0 bridgehead atoms. The number of halogens is 1. The van der Waals surface area contributed by atoms with Crippen LogP contribution < -0.4 is 10.6 Å². The standard InChI is InChI=1S/C19H17FN6O/c1-2-22-19(27)26-18-24-15-9-12(11-5-7-21-10-11)8-13(17(15)25-18)16-14(20)4-3-6-23-16/h3-6,8-10H,2,7H2,1H3,(H3,22,24,25,26,27).